The van der Waals surface area contributed by atoms with E-state index in [0.717, 1.165) is 29.5 Å². The van der Waals surface area contributed by atoms with Crippen LogP contribution in [0.1, 0.15) is 43.6 Å². The summed E-state index contributed by atoms with van der Waals surface area (Å²) < 4.78 is 0. The zero-order chi connectivity index (χ0) is 11.4. The van der Waals surface area contributed by atoms with Crippen molar-refractivity contribution in [2.24, 2.45) is 23.7 Å². The number of nitrogens with two attached hydrogens (primary N) is 1. The molecular weight excluding hydrogens is 210 g/mol. The molecule has 0 amide bonds. The molecule has 90 valence electrons. The summed E-state index contributed by atoms with van der Waals surface area (Å²) in [5, 5.41) is 0. The lowest BCUT2D eigenvalue weighted by molar-refractivity contribution is -0.00274. The molecule has 4 saturated carbocycles. The topological polar surface area (TPSA) is 51.8 Å². The summed E-state index contributed by atoms with van der Waals surface area (Å²) in [7, 11) is 0. The summed E-state index contributed by atoms with van der Waals surface area (Å²) in [6.45, 7) is 0. The molecule has 3 nitrogen and oxygen atoms in total. The zero-order valence-corrected chi connectivity index (χ0v) is 10.0. The maximum atomic E-state index is 6.05. The zero-order valence-electron chi connectivity index (χ0n) is 10.0. The number of rotatable bonds is 1. The minimum absolute atomic E-state index is 0.656. The molecule has 0 spiro atoms. The fourth-order valence-electron chi connectivity index (χ4n) is 5.04. The minimum Gasteiger partial charge on any atom is -0.383 e. The molecule has 4 aliphatic carbocycles. The predicted molar refractivity (Wildman–Crippen MR) is 66.2 cm³/mol. The minimum atomic E-state index is 0.656. The lowest BCUT2D eigenvalue weighted by atomic mass is 9.51. The van der Waals surface area contributed by atoms with Crippen molar-refractivity contribution in [3.63, 3.8) is 0 Å². The van der Waals surface area contributed by atoms with Gasteiger partial charge in [-0.25, -0.2) is 9.97 Å². The Morgan fingerprint density at radius 1 is 1.00 bits per heavy atom. The van der Waals surface area contributed by atoms with Crippen LogP contribution in [0.5, 0.6) is 0 Å². The van der Waals surface area contributed by atoms with E-state index in [0.29, 0.717) is 5.92 Å². The third-order valence-electron chi connectivity index (χ3n) is 5.36. The summed E-state index contributed by atoms with van der Waals surface area (Å²) >= 11 is 0. The maximum Gasteiger partial charge on any atom is 0.130 e. The molecule has 4 bridgehead atoms. The molecule has 0 aromatic carbocycles. The van der Waals surface area contributed by atoms with E-state index in [9.17, 15) is 0 Å². The Morgan fingerprint density at radius 2 is 1.65 bits per heavy atom. The van der Waals surface area contributed by atoms with Gasteiger partial charge in [0.25, 0.3) is 0 Å². The van der Waals surface area contributed by atoms with E-state index in [2.05, 4.69) is 9.97 Å². The summed E-state index contributed by atoms with van der Waals surface area (Å²) in [4.78, 5) is 8.37. The van der Waals surface area contributed by atoms with Gasteiger partial charge < -0.3 is 5.73 Å². The normalized spacial score (nSPS) is 42.9. The second-order valence-corrected chi connectivity index (χ2v) is 6.32. The number of hydrogen-bond donors (Lipinski definition) is 1. The van der Waals surface area contributed by atoms with Crippen molar-refractivity contribution < 1.29 is 0 Å². The van der Waals surface area contributed by atoms with E-state index in [4.69, 9.17) is 5.73 Å². The highest BCUT2D eigenvalue weighted by molar-refractivity contribution is 5.41. The summed E-state index contributed by atoms with van der Waals surface area (Å²) in [5.74, 6) is 5.12. The first-order valence-electron chi connectivity index (χ1n) is 6.86. The summed E-state index contributed by atoms with van der Waals surface area (Å²) in [5.41, 5.74) is 7.29. The van der Waals surface area contributed by atoms with Crippen LogP contribution in [0.4, 0.5) is 5.82 Å². The smallest absolute Gasteiger partial charge is 0.130 e. The predicted octanol–water partition coefficient (Wildman–Crippen LogP) is 2.60. The van der Waals surface area contributed by atoms with Crippen LogP contribution in [0.25, 0.3) is 0 Å². The third-order valence-corrected chi connectivity index (χ3v) is 5.36. The quantitative estimate of drug-likeness (QED) is 0.805. The van der Waals surface area contributed by atoms with Gasteiger partial charge in [0.1, 0.15) is 12.1 Å². The Bertz CT molecular complexity index is 415. The highest BCUT2D eigenvalue weighted by atomic mass is 14.9. The molecule has 4 aliphatic rings. The van der Waals surface area contributed by atoms with Crippen LogP contribution < -0.4 is 5.73 Å². The Hall–Kier alpha value is -1.12. The van der Waals surface area contributed by atoms with Gasteiger partial charge in [-0.05, 0) is 61.7 Å². The number of anilines is 1. The molecule has 0 unspecified atom stereocenters. The van der Waals surface area contributed by atoms with E-state index < -0.39 is 0 Å². The summed E-state index contributed by atoms with van der Waals surface area (Å²) in [6, 6.07) is 0. The maximum absolute atomic E-state index is 6.05. The molecule has 4 fully saturated rings. The van der Waals surface area contributed by atoms with Crippen molar-refractivity contribution >= 4 is 5.82 Å². The Labute approximate surface area is 102 Å². The molecule has 17 heavy (non-hydrogen) atoms. The standard InChI is InChI=1S/C14H19N3/c15-14-12(6-16-7-17-14)13-10-2-8-1-9(4-10)5-11(13)3-8/h6-11,13H,1-5H2,(H2,15,16,17). The average Bonchev–Trinajstić information content (AvgIpc) is 2.30. The van der Waals surface area contributed by atoms with Crippen LogP contribution in [0.2, 0.25) is 0 Å². The van der Waals surface area contributed by atoms with Crippen LogP contribution in [0.15, 0.2) is 12.5 Å². The van der Waals surface area contributed by atoms with Crippen LogP contribution >= 0.6 is 0 Å². The average molecular weight is 229 g/mol. The second-order valence-electron chi connectivity index (χ2n) is 6.32. The lowest BCUT2D eigenvalue weighted by Gasteiger charge is -2.54. The third kappa shape index (κ3) is 1.41. The van der Waals surface area contributed by atoms with Gasteiger partial charge in [0, 0.05) is 11.8 Å². The van der Waals surface area contributed by atoms with Crippen LogP contribution in [0.3, 0.4) is 0 Å². The second kappa shape index (κ2) is 3.44. The van der Waals surface area contributed by atoms with Crippen molar-refractivity contribution in [2.45, 2.75) is 38.0 Å². The van der Waals surface area contributed by atoms with Gasteiger partial charge >= 0.3 is 0 Å². The molecule has 0 atom stereocenters. The molecule has 0 saturated heterocycles. The fraction of sp³-hybridized carbons (Fsp3) is 0.714. The Kier molecular flexibility index (Phi) is 1.99. The first kappa shape index (κ1) is 9.86. The van der Waals surface area contributed by atoms with Gasteiger partial charge in [0.2, 0.25) is 0 Å². The van der Waals surface area contributed by atoms with E-state index >= 15 is 0 Å². The van der Waals surface area contributed by atoms with Crippen molar-refractivity contribution in [3.8, 4) is 0 Å². The van der Waals surface area contributed by atoms with Crippen molar-refractivity contribution in [3.05, 3.63) is 18.1 Å². The number of hydrogen-bond acceptors (Lipinski definition) is 3. The molecular formula is C14H19N3. The van der Waals surface area contributed by atoms with Crippen molar-refractivity contribution in [2.75, 3.05) is 5.73 Å². The highest BCUT2D eigenvalue weighted by Crippen LogP contribution is 2.60. The van der Waals surface area contributed by atoms with Crippen LogP contribution in [-0.4, -0.2) is 9.97 Å². The Balaban J connectivity index is 1.73. The molecule has 5 rings (SSSR count). The molecule has 2 N–H and O–H groups in total. The van der Waals surface area contributed by atoms with Gasteiger partial charge in [-0.1, -0.05) is 0 Å². The first-order valence-corrected chi connectivity index (χ1v) is 6.86. The monoisotopic (exact) mass is 229 g/mol. The molecule has 1 heterocycles. The van der Waals surface area contributed by atoms with Crippen LogP contribution in [-0.2, 0) is 0 Å². The SMILES string of the molecule is Nc1ncncc1C1C2CC3CC(C2)CC1C3. The Morgan fingerprint density at radius 3 is 2.24 bits per heavy atom. The molecule has 3 heteroatoms. The van der Waals surface area contributed by atoms with E-state index in [-0.39, 0.29) is 0 Å². The number of nitrogens with zero attached hydrogens (tertiary/aromatic N) is 2. The fourth-order valence-corrected chi connectivity index (χ4v) is 5.04. The first-order chi connectivity index (χ1) is 8.31. The van der Waals surface area contributed by atoms with E-state index in [1.54, 1.807) is 6.33 Å². The van der Waals surface area contributed by atoms with Gasteiger partial charge in [-0.3, -0.25) is 0 Å². The molecule has 0 aliphatic heterocycles. The number of nitrogen functional groups attached to an aromatic ring is 1. The summed E-state index contributed by atoms with van der Waals surface area (Å²) in [6.07, 6.45) is 10.7. The van der Waals surface area contributed by atoms with Gasteiger partial charge in [-0.15, -0.1) is 0 Å². The van der Waals surface area contributed by atoms with Crippen molar-refractivity contribution in [1.82, 2.24) is 9.97 Å². The number of aromatic nitrogens is 2. The highest BCUT2D eigenvalue weighted by Gasteiger charge is 2.49. The van der Waals surface area contributed by atoms with Crippen LogP contribution in [0, 0.1) is 23.7 Å². The molecule has 1 aromatic heterocycles. The van der Waals surface area contributed by atoms with Crippen molar-refractivity contribution in [1.29, 1.82) is 0 Å². The van der Waals surface area contributed by atoms with Gasteiger partial charge in [0.15, 0.2) is 0 Å². The molecule has 1 aromatic rings. The van der Waals surface area contributed by atoms with Gasteiger partial charge in [-0.2, -0.15) is 0 Å². The molecule has 0 radical (unpaired) electrons. The van der Waals surface area contributed by atoms with Gasteiger partial charge in [0.05, 0.1) is 0 Å². The van der Waals surface area contributed by atoms with E-state index in [1.807, 2.05) is 6.20 Å². The lowest BCUT2D eigenvalue weighted by Crippen LogP contribution is -2.44. The van der Waals surface area contributed by atoms with E-state index in [1.165, 1.54) is 37.7 Å². The largest absolute Gasteiger partial charge is 0.383 e.